The highest BCUT2D eigenvalue weighted by molar-refractivity contribution is 9.10. The minimum Gasteiger partial charge on any atom is -0.375 e. The third-order valence-corrected chi connectivity index (χ3v) is 6.07. The summed E-state index contributed by atoms with van der Waals surface area (Å²) in [7, 11) is -3.41. The Morgan fingerprint density at radius 3 is 2.84 bits per heavy atom. The molecule has 0 spiro atoms. The van der Waals surface area contributed by atoms with Crippen LogP contribution >= 0.6 is 15.9 Å². The monoisotopic (exact) mass is 347 g/mol. The van der Waals surface area contributed by atoms with Gasteiger partial charge in [0.2, 0.25) is 10.0 Å². The predicted molar refractivity (Wildman–Crippen MR) is 77.7 cm³/mol. The first-order chi connectivity index (χ1) is 8.95. The second-order valence-corrected chi connectivity index (χ2v) is 7.47. The van der Waals surface area contributed by atoms with E-state index < -0.39 is 10.0 Å². The van der Waals surface area contributed by atoms with E-state index >= 15 is 0 Å². The molecule has 1 atom stereocenters. The van der Waals surface area contributed by atoms with Crippen LogP contribution in [0.15, 0.2) is 27.6 Å². The lowest BCUT2D eigenvalue weighted by atomic mass is 10.2. The zero-order valence-corrected chi connectivity index (χ0v) is 13.5. The molecular formula is C13H18BrNO3S. The SMILES string of the molecule is CC[C@H]1CN(S(=O)(=O)c2ccc(Br)c(C)c2)CCO1. The van der Waals surface area contributed by atoms with Gasteiger partial charge in [-0.25, -0.2) is 8.42 Å². The molecule has 6 heteroatoms. The van der Waals surface area contributed by atoms with Crippen molar-refractivity contribution in [3.8, 4) is 0 Å². The fourth-order valence-electron chi connectivity index (χ4n) is 2.08. The third-order valence-electron chi connectivity index (χ3n) is 3.32. The summed E-state index contributed by atoms with van der Waals surface area (Å²) in [5.74, 6) is 0. The number of sulfonamides is 1. The van der Waals surface area contributed by atoms with E-state index in [-0.39, 0.29) is 6.10 Å². The molecule has 0 unspecified atom stereocenters. The molecule has 1 aliphatic rings. The van der Waals surface area contributed by atoms with Gasteiger partial charge in [0.25, 0.3) is 0 Å². The van der Waals surface area contributed by atoms with Gasteiger partial charge in [-0.2, -0.15) is 4.31 Å². The normalized spacial score (nSPS) is 21.5. The van der Waals surface area contributed by atoms with Gasteiger partial charge >= 0.3 is 0 Å². The van der Waals surface area contributed by atoms with Gasteiger partial charge < -0.3 is 4.74 Å². The molecule has 1 saturated heterocycles. The highest BCUT2D eigenvalue weighted by atomic mass is 79.9. The summed E-state index contributed by atoms with van der Waals surface area (Å²) in [6.07, 6.45) is 0.825. The summed E-state index contributed by atoms with van der Waals surface area (Å²) >= 11 is 3.38. The molecular weight excluding hydrogens is 330 g/mol. The van der Waals surface area contributed by atoms with Gasteiger partial charge in [-0.1, -0.05) is 22.9 Å². The van der Waals surface area contributed by atoms with Crippen LogP contribution in [0.2, 0.25) is 0 Å². The first-order valence-corrected chi connectivity index (χ1v) is 8.56. The summed E-state index contributed by atoms with van der Waals surface area (Å²) in [6, 6.07) is 5.12. The standard InChI is InChI=1S/C13H18BrNO3S/c1-3-11-9-15(6-7-18-11)19(16,17)12-4-5-13(14)10(2)8-12/h4-5,8,11H,3,6-7,9H2,1-2H3/t11-/m0/s1. The molecule has 0 bridgehead atoms. The van der Waals surface area contributed by atoms with E-state index in [1.165, 1.54) is 4.31 Å². The molecule has 0 N–H and O–H groups in total. The summed E-state index contributed by atoms with van der Waals surface area (Å²) in [4.78, 5) is 0.352. The maximum absolute atomic E-state index is 12.6. The zero-order valence-electron chi connectivity index (χ0n) is 11.1. The fraction of sp³-hybridized carbons (Fsp3) is 0.538. The zero-order chi connectivity index (χ0) is 14.0. The molecule has 2 rings (SSSR count). The van der Waals surface area contributed by atoms with Crippen molar-refractivity contribution in [1.29, 1.82) is 0 Å². The minimum atomic E-state index is -3.41. The molecule has 0 saturated carbocycles. The molecule has 1 fully saturated rings. The van der Waals surface area contributed by atoms with Crippen molar-refractivity contribution in [2.24, 2.45) is 0 Å². The second kappa shape index (κ2) is 5.91. The Labute approximate surface area is 122 Å². The van der Waals surface area contributed by atoms with E-state index in [9.17, 15) is 8.42 Å². The van der Waals surface area contributed by atoms with Gasteiger partial charge in [0.05, 0.1) is 17.6 Å². The number of halogens is 1. The lowest BCUT2D eigenvalue weighted by Gasteiger charge is -2.31. The maximum Gasteiger partial charge on any atom is 0.243 e. The fourth-order valence-corrected chi connectivity index (χ4v) is 3.87. The van der Waals surface area contributed by atoms with Gasteiger partial charge in [-0.05, 0) is 37.1 Å². The van der Waals surface area contributed by atoms with Crippen molar-refractivity contribution in [3.63, 3.8) is 0 Å². The van der Waals surface area contributed by atoms with Crippen molar-refractivity contribution in [2.75, 3.05) is 19.7 Å². The molecule has 0 aliphatic carbocycles. The Morgan fingerprint density at radius 2 is 2.21 bits per heavy atom. The van der Waals surface area contributed by atoms with Crippen molar-refractivity contribution in [2.45, 2.75) is 31.3 Å². The number of ether oxygens (including phenoxy) is 1. The lowest BCUT2D eigenvalue weighted by molar-refractivity contribution is -0.00277. The molecule has 4 nitrogen and oxygen atoms in total. The largest absolute Gasteiger partial charge is 0.375 e. The molecule has 0 amide bonds. The first-order valence-electron chi connectivity index (χ1n) is 6.33. The molecule has 106 valence electrons. The molecule has 19 heavy (non-hydrogen) atoms. The summed E-state index contributed by atoms with van der Waals surface area (Å²) in [6.45, 7) is 5.22. The number of benzene rings is 1. The Morgan fingerprint density at radius 1 is 1.47 bits per heavy atom. The van der Waals surface area contributed by atoms with E-state index in [1.807, 2.05) is 13.8 Å². The molecule has 1 aromatic carbocycles. The predicted octanol–water partition coefficient (Wildman–Crippen LogP) is 2.56. The Bertz CT molecular complexity index is 559. The minimum absolute atomic E-state index is 0.0000651. The average Bonchev–Trinajstić information content (AvgIpc) is 2.41. The van der Waals surface area contributed by atoms with Crippen LogP contribution in [0.25, 0.3) is 0 Å². The van der Waals surface area contributed by atoms with Gasteiger partial charge in [-0.3, -0.25) is 0 Å². The van der Waals surface area contributed by atoms with E-state index in [0.29, 0.717) is 24.6 Å². The second-order valence-electron chi connectivity index (χ2n) is 4.68. The average molecular weight is 348 g/mol. The molecule has 1 aromatic rings. The highest BCUT2D eigenvalue weighted by Gasteiger charge is 2.30. The molecule has 0 radical (unpaired) electrons. The maximum atomic E-state index is 12.6. The van der Waals surface area contributed by atoms with Crippen LogP contribution < -0.4 is 0 Å². The van der Waals surface area contributed by atoms with E-state index in [4.69, 9.17) is 4.74 Å². The third kappa shape index (κ3) is 3.18. The van der Waals surface area contributed by atoms with Crippen LogP contribution in [-0.4, -0.2) is 38.5 Å². The first kappa shape index (κ1) is 15.0. The van der Waals surface area contributed by atoms with Crippen molar-refractivity contribution < 1.29 is 13.2 Å². The Balaban J connectivity index is 2.28. The van der Waals surface area contributed by atoms with E-state index in [0.717, 1.165) is 16.5 Å². The quantitative estimate of drug-likeness (QED) is 0.844. The van der Waals surface area contributed by atoms with Crippen LogP contribution in [0.5, 0.6) is 0 Å². The summed E-state index contributed by atoms with van der Waals surface area (Å²) in [5, 5.41) is 0. The number of rotatable bonds is 3. The van der Waals surface area contributed by atoms with Crippen LogP contribution in [0, 0.1) is 6.92 Å². The molecule has 1 aliphatic heterocycles. The molecule has 0 aromatic heterocycles. The number of nitrogens with zero attached hydrogens (tertiary/aromatic N) is 1. The summed E-state index contributed by atoms with van der Waals surface area (Å²) < 4.78 is 33.1. The van der Waals surface area contributed by atoms with Crippen molar-refractivity contribution in [3.05, 3.63) is 28.2 Å². The van der Waals surface area contributed by atoms with Crippen molar-refractivity contribution >= 4 is 26.0 Å². The topological polar surface area (TPSA) is 46.6 Å². The van der Waals surface area contributed by atoms with Crippen LogP contribution in [0.1, 0.15) is 18.9 Å². The highest BCUT2D eigenvalue weighted by Crippen LogP contribution is 2.24. The number of aryl methyl sites for hydroxylation is 1. The van der Waals surface area contributed by atoms with Gasteiger partial charge in [0.15, 0.2) is 0 Å². The van der Waals surface area contributed by atoms with Crippen LogP contribution in [0.3, 0.4) is 0 Å². The van der Waals surface area contributed by atoms with Crippen LogP contribution in [0.4, 0.5) is 0 Å². The lowest BCUT2D eigenvalue weighted by Crippen LogP contribution is -2.45. The van der Waals surface area contributed by atoms with Gasteiger partial charge in [0.1, 0.15) is 0 Å². The van der Waals surface area contributed by atoms with Gasteiger partial charge in [0, 0.05) is 17.6 Å². The number of morpholine rings is 1. The Kier molecular flexibility index (Phi) is 4.66. The molecule has 1 heterocycles. The van der Waals surface area contributed by atoms with E-state index in [2.05, 4.69) is 15.9 Å². The number of hydrogen-bond acceptors (Lipinski definition) is 3. The number of hydrogen-bond donors (Lipinski definition) is 0. The van der Waals surface area contributed by atoms with Crippen molar-refractivity contribution in [1.82, 2.24) is 4.31 Å². The van der Waals surface area contributed by atoms with E-state index in [1.54, 1.807) is 18.2 Å². The Hall–Kier alpha value is -0.430. The summed E-state index contributed by atoms with van der Waals surface area (Å²) in [5.41, 5.74) is 0.918. The smallest absolute Gasteiger partial charge is 0.243 e. The van der Waals surface area contributed by atoms with Crippen LogP contribution in [-0.2, 0) is 14.8 Å². The van der Waals surface area contributed by atoms with Gasteiger partial charge in [-0.15, -0.1) is 0 Å².